The van der Waals surface area contributed by atoms with Crippen LogP contribution in [0.25, 0.3) is 0 Å². The van der Waals surface area contributed by atoms with Crippen LogP contribution in [0.3, 0.4) is 0 Å². The monoisotopic (exact) mass is 157 g/mol. The van der Waals surface area contributed by atoms with Crippen molar-refractivity contribution in [2.75, 3.05) is 33.4 Å². The first-order valence-corrected chi connectivity index (χ1v) is 4.66. The summed E-state index contributed by atoms with van der Waals surface area (Å²) in [6.45, 7) is 4.38. The van der Waals surface area contributed by atoms with Gasteiger partial charge in [-0.25, -0.2) is 0 Å². The highest BCUT2D eigenvalue weighted by Crippen LogP contribution is 2.01. The Morgan fingerprint density at radius 3 is 2.55 bits per heavy atom. The molecule has 0 atom stereocenters. The Morgan fingerprint density at radius 1 is 0.909 bits per heavy atom. The van der Waals surface area contributed by atoms with E-state index in [0.717, 1.165) is 13.2 Å². The van der Waals surface area contributed by atoms with Crippen LogP contribution in [-0.2, 0) is 4.74 Å². The quantitative estimate of drug-likeness (QED) is 0.528. The van der Waals surface area contributed by atoms with Gasteiger partial charge in [0.2, 0.25) is 0 Å². The van der Waals surface area contributed by atoms with Crippen molar-refractivity contribution in [2.45, 2.75) is 25.7 Å². The van der Waals surface area contributed by atoms with Gasteiger partial charge in [0.25, 0.3) is 0 Å². The first-order valence-electron chi connectivity index (χ1n) is 4.66. The summed E-state index contributed by atoms with van der Waals surface area (Å²) in [5.74, 6) is 0. The van der Waals surface area contributed by atoms with Gasteiger partial charge >= 0.3 is 0 Å². The van der Waals surface area contributed by atoms with Crippen LogP contribution in [0.4, 0.5) is 0 Å². The molecule has 0 saturated carbocycles. The minimum atomic E-state index is 0.949. The largest absolute Gasteiger partial charge is 0.381 e. The third-order valence-electron chi connectivity index (χ3n) is 2.16. The molecule has 1 heterocycles. The number of rotatable bonds is 0. The summed E-state index contributed by atoms with van der Waals surface area (Å²) in [6.07, 6.45) is 5.09. The lowest BCUT2D eigenvalue weighted by Gasteiger charge is -2.17. The molecule has 2 nitrogen and oxygen atoms in total. The van der Waals surface area contributed by atoms with E-state index in [4.69, 9.17) is 4.74 Å². The highest BCUT2D eigenvalue weighted by molar-refractivity contribution is 4.54. The lowest BCUT2D eigenvalue weighted by atomic mass is 10.2. The van der Waals surface area contributed by atoms with Gasteiger partial charge in [-0.2, -0.15) is 0 Å². The Kier molecular flexibility index (Phi) is 4.55. The molecular formula is C9H19NO. The molecule has 1 aliphatic rings. The third-order valence-corrected chi connectivity index (χ3v) is 2.16. The van der Waals surface area contributed by atoms with Crippen LogP contribution in [0, 0.1) is 0 Å². The van der Waals surface area contributed by atoms with E-state index >= 15 is 0 Å². The molecule has 0 aromatic heterocycles. The van der Waals surface area contributed by atoms with Gasteiger partial charge in [0.05, 0.1) is 0 Å². The number of nitrogens with zero attached hydrogens (tertiary/aromatic N) is 1. The second-order valence-electron chi connectivity index (χ2n) is 3.33. The van der Waals surface area contributed by atoms with Gasteiger partial charge in [-0.3, -0.25) is 0 Å². The average Bonchev–Trinajstić information content (AvgIpc) is 2.03. The molecule has 0 spiro atoms. The molecule has 0 amide bonds. The number of hydrogen-bond donors (Lipinski definition) is 0. The molecule has 1 rings (SSSR count). The Morgan fingerprint density at radius 2 is 1.64 bits per heavy atom. The van der Waals surface area contributed by atoms with Gasteiger partial charge in [-0.05, 0) is 39.3 Å². The van der Waals surface area contributed by atoms with Crippen molar-refractivity contribution in [3.63, 3.8) is 0 Å². The average molecular weight is 157 g/mol. The van der Waals surface area contributed by atoms with Crippen molar-refractivity contribution in [1.29, 1.82) is 0 Å². The summed E-state index contributed by atoms with van der Waals surface area (Å²) in [5.41, 5.74) is 0. The Labute approximate surface area is 69.5 Å². The second kappa shape index (κ2) is 5.56. The fourth-order valence-corrected chi connectivity index (χ4v) is 1.41. The normalized spacial score (nSPS) is 24.8. The Balaban J connectivity index is 2.12. The number of ether oxygens (including phenoxy) is 1. The molecule has 0 bridgehead atoms. The first-order chi connectivity index (χ1) is 5.39. The molecule has 0 aromatic carbocycles. The summed E-state index contributed by atoms with van der Waals surface area (Å²) in [5, 5.41) is 0. The fraction of sp³-hybridized carbons (Fsp3) is 1.00. The van der Waals surface area contributed by atoms with Gasteiger partial charge in [0.1, 0.15) is 0 Å². The van der Waals surface area contributed by atoms with E-state index in [2.05, 4.69) is 11.9 Å². The van der Waals surface area contributed by atoms with Crippen LogP contribution < -0.4 is 0 Å². The van der Waals surface area contributed by atoms with E-state index in [1.54, 1.807) is 0 Å². The highest BCUT2D eigenvalue weighted by atomic mass is 16.5. The number of hydrogen-bond acceptors (Lipinski definition) is 2. The summed E-state index contributed by atoms with van der Waals surface area (Å²) in [4.78, 5) is 2.40. The van der Waals surface area contributed by atoms with Crippen molar-refractivity contribution in [3.05, 3.63) is 0 Å². The zero-order valence-electron chi connectivity index (χ0n) is 7.51. The van der Waals surface area contributed by atoms with E-state index in [9.17, 15) is 0 Å². The van der Waals surface area contributed by atoms with Gasteiger partial charge in [0.15, 0.2) is 0 Å². The topological polar surface area (TPSA) is 12.5 Å². The van der Waals surface area contributed by atoms with Crippen LogP contribution in [0.5, 0.6) is 0 Å². The molecule has 0 unspecified atom stereocenters. The van der Waals surface area contributed by atoms with E-state index in [0.29, 0.717) is 0 Å². The zero-order valence-corrected chi connectivity index (χ0v) is 7.51. The lowest BCUT2D eigenvalue weighted by molar-refractivity contribution is 0.113. The van der Waals surface area contributed by atoms with Crippen LogP contribution in [0.15, 0.2) is 0 Å². The van der Waals surface area contributed by atoms with Crippen LogP contribution in [0.1, 0.15) is 25.7 Å². The van der Waals surface area contributed by atoms with E-state index in [1.807, 2.05) is 0 Å². The molecule has 1 saturated heterocycles. The summed E-state index contributed by atoms with van der Waals surface area (Å²) in [6, 6.07) is 0. The van der Waals surface area contributed by atoms with Crippen LogP contribution in [0.2, 0.25) is 0 Å². The predicted octanol–water partition coefficient (Wildman–Crippen LogP) is 1.51. The second-order valence-corrected chi connectivity index (χ2v) is 3.33. The molecular weight excluding hydrogens is 138 g/mol. The van der Waals surface area contributed by atoms with Crippen molar-refractivity contribution in [2.24, 2.45) is 0 Å². The zero-order chi connectivity index (χ0) is 7.94. The molecule has 0 aromatic rings. The standard InChI is InChI=1S/C9H19NO/c1-10-6-3-2-4-8-11-9-5-7-10/h2-9H2,1H3. The fourth-order valence-electron chi connectivity index (χ4n) is 1.41. The maximum atomic E-state index is 5.43. The van der Waals surface area contributed by atoms with Crippen molar-refractivity contribution in [3.8, 4) is 0 Å². The van der Waals surface area contributed by atoms with Crippen molar-refractivity contribution >= 4 is 0 Å². The van der Waals surface area contributed by atoms with Crippen molar-refractivity contribution in [1.82, 2.24) is 4.90 Å². The highest BCUT2D eigenvalue weighted by Gasteiger charge is 2.00. The molecule has 0 radical (unpaired) electrons. The smallest absolute Gasteiger partial charge is 0.0478 e. The molecule has 1 aliphatic heterocycles. The van der Waals surface area contributed by atoms with Gasteiger partial charge in [0, 0.05) is 19.8 Å². The maximum absolute atomic E-state index is 5.43. The molecule has 0 N–H and O–H groups in total. The third kappa shape index (κ3) is 4.38. The summed E-state index contributed by atoms with van der Waals surface area (Å²) in [7, 11) is 2.20. The van der Waals surface area contributed by atoms with E-state index < -0.39 is 0 Å². The van der Waals surface area contributed by atoms with Gasteiger partial charge in [-0.15, -0.1) is 0 Å². The van der Waals surface area contributed by atoms with Crippen LogP contribution in [-0.4, -0.2) is 38.3 Å². The summed E-state index contributed by atoms with van der Waals surface area (Å²) < 4.78 is 5.43. The Bertz CT molecular complexity index is 85.6. The Hall–Kier alpha value is -0.0800. The predicted molar refractivity (Wildman–Crippen MR) is 46.8 cm³/mol. The SMILES string of the molecule is CN1CCCCCOCCC1. The molecule has 66 valence electrons. The summed E-state index contributed by atoms with van der Waals surface area (Å²) >= 11 is 0. The maximum Gasteiger partial charge on any atom is 0.0478 e. The lowest BCUT2D eigenvalue weighted by Crippen LogP contribution is -2.23. The minimum Gasteiger partial charge on any atom is -0.381 e. The molecule has 0 aliphatic carbocycles. The first kappa shape index (κ1) is 9.01. The molecule has 2 heteroatoms. The molecule has 1 fully saturated rings. The van der Waals surface area contributed by atoms with Gasteiger partial charge < -0.3 is 9.64 Å². The van der Waals surface area contributed by atoms with Crippen molar-refractivity contribution < 1.29 is 4.74 Å². The van der Waals surface area contributed by atoms with E-state index in [-0.39, 0.29) is 0 Å². The molecule has 11 heavy (non-hydrogen) atoms. The van der Waals surface area contributed by atoms with Crippen LogP contribution >= 0.6 is 0 Å². The van der Waals surface area contributed by atoms with Gasteiger partial charge in [-0.1, -0.05) is 0 Å². The minimum absolute atomic E-state index is 0.949. The van der Waals surface area contributed by atoms with E-state index in [1.165, 1.54) is 38.8 Å².